The van der Waals surface area contributed by atoms with Crippen molar-refractivity contribution in [3.8, 4) is 0 Å². The summed E-state index contributed by atoms with van der Waals surface area (Å²) in [5.41, 5.74) is 0. The van der Waals surface area contributed by atoms with Gasteiger partial charge in [-0.1, -0.05) is 52.4 Å². The van der Waals surface area contributed by atoms with Gasteiger partial charge in [0.1, 0.15) is 0 Å². The molecule has 0 amide bonds. The van der Waals surface area contributed by atoms with E-state index in [-0.39, 0.29) is 0 Å². The van der Waals surface area contributed by atoms with Gasteiger partial charge in [0.2, 0.25) is 0 Å². The second-order valence-electron chi connectivity index (χ2n) is 4.03. The van der Waals surface area contributed by atoms with Crippen molar-refractivity contribution in [1.82, 2.24) is 5.32 Å². The second-order valence-corrected chi connectivity index (χ2v) is 4.03. The van der Waals surface area contributed by atoms with Crippen molar-refractivity contribution in [2.45, 2.75) is 58.8 Å². The molecule has 1 unspecified atom stereocenters. The van der Waals surface area contributed by atoms with Crippen LogP contribution in [0.3, 0.4) is 0 Å². The fraction of sp³-hybridized carbons (Fsp3) is 1.00. The Morgan fingerprint density at radius 3 is 2.23 bits per heavy atom. The Bertz CT molecular complexity index is 91.1. The molecule has 0 aliphatic rings. The van der Waals surface area contributed by atoms with Gasteiger partial charge in [-0.3, -0.25) is 0 Å². The van der Waals surface area contributed by atoms with Crippen LogP contribution >= 0.6 is 0 Å². The van der Waals surface area contributed by atoms with Crippen molar-refractivity contribution in [3.63, 3.8) is 0 Å². The zero-order chi connectivity index (χ0) is 9.94. The molecule has 1 N–H and O–H groups in total. The highest BCUT2D eigenvalue weighted by Gasteiger charge is 2.03. The number of hydrogen-bond donors (Lipinski definition) is 1. The predicted octanol–water partition coefficient (Wildman–Crippen LogP) is 3.59. The summed E-state index contributed by atoms with van der Waals surface area (Å²) in [5.74, 6) is 0.909. The summed E-state index contributed by atoms with van der Waals surface area (Å²) in [7, 11) is 2.06. The van der Waals surface area contributed by atoms with Gasteiger partial charge in [-0.25, -0.2) is 0 Å². The SMILES string of the molecule is CCCCCCCC(CC)CNC. The van der Waals surface area contributed by atoms with Crippen molar-refractivity contribution in [2.24, 2.45) is 5.92 Å². The first-order valence-corrected chi connectivity index (χ1v) is 5.99. The van der Waals surface area contributed by atoms with Crippen LogP contribution in [-0.2, 0) is 0 Å². The molecule has 0 spiro atoms. The van der Waals surface area contributed by atoms with Gasteiger partial charge >= 0.3 is 0 Å². The molecule has 1 heteroatoms. The van der Waals surface area contributed by atoms with E-state index < -0.39 is 0 Å². The molecule has 0 radical (unpaired) electrons. The predicted molar refractivity (Wildman–Crippen MR) is 61.1 cm³/mol. The third kappa shape index (κ3) is 8.29. The van der Waals surface area contributed by atoms with Crippen molar-refractivity contribution in [3.05, 3.63) is 0 Å². The molecular weight excluding hydrogens is 158 g/mol. The smallest absolute Gasteiger partial charge is 0.00236 e. The van der Waals surface area contributed by atoms with E-state index in [9.17, 15) is 0 Å². The molecule has 13 heavy (non-hydrogen) atoms. The van der Waals surface area contributed by atoms with Crippen molar-refractivity contribution in [1.29, 1.82) is 0 Å². The molecule has 80 valence electrons. The summed E-state index contributed by atoms with van der Waals surface area (Å²) in [6, 6.07) is 0. The van der Waals surface area contributed by atoms with Gasteiger partial charge in [0.05, 0.1) is 0 Å². The Labute approximate surface area is 84.3 Å². The minimum Gasteiger partial charge on any atom is -0.319 e. The normalized spacial score (nSPS) is 13.2. The summed E-state index contributed by atoms with van der Waals surface area (Å²) < 4.78 is 0. The Hall–Kier alpha value is -0.0400. The summed E-state index contributed by atoms with van der Waals surface area (Å²) in [4.78, 5) is 0. The summed E-state index contributed by atoms with van der Waals surface area (Å²) in [6.07, 6.45) is 9.83. The third-order valence-corrected chi connectivity index (χ3v) is 2.79. The van der Waals surface area contributed by atoms with E-state index >= 15 is 0 Å². The van der Waals surface area contributed by atoms with Crippen molar-refractivity contribution >= 4 is 0 Å². The first-order chi connectivity index (χ1) is 6.35. The lowest BCUT2D eigenvalue weighted by Crippen LogP contribution is -2.18. The van der Waals surface area contributed by atoms with Crippen molar-refractivity contribution in [2.75, 3.05) is 13.6 Å². The van der Waals surface area contributed by atoms with E-state index in [1.807, 2.05) is 0 Å². The average molecular weight is 185 g/mol. The molecule has 0 saturated heterocycles. The van der Waals surface area contributed by atoms with E-state index in [1.54, 1.807) is 0 Å². The molecule has 0 bridgehead atoms. The number of nitrogens with one attached hydrogen (secondary N) is 1. The van der Waals surface area contributed by atoms with Gasteiger partial charge in [-0.2, -0.15) is 0 Å². The molecule has 0 heterocycles. The minimum atomic E-state index is 0.909. The van der Waals surface area contributed by atoms with Crippen LogP contribution in [0.5, 0.6) is 0 Å². The molecule has 0 saturated carbocycles. The van der Waals surface area contributed by atoms with Crippen LogP contribution in [0.4, 0.5) is 0 Å². The van der Waals surface area contributed by atoms with Gasteiger partial charge in [-0.05, 0) is 25.9 Å². The maximum Gasteiger partial charge on any atom is -0.00236 e. The van der Waals surface area contributed by atoms with Crippen LogP contribution in [0.15, 0.2) is 0 Å². The largest absolute Gasteiger partial charge is 0.319 e. The lowest BCUT2D eigenvalue weighted by molar-refractivity contribution is 0.424. The Morgan fingerprint density at radius 2 is 1.69 bits per heavy atom. The Balaban J connectivity index is 3.17. The topological polar surface area (TPSA) is 12.0 Å². The van der Waals surface area contributed by atoms with Crippen LogP contribution in [0.25, 0.3) is 0 Å². The quantitative estimate of drug-likeness (QED) is 0.541. The zero-order valence-electron chi connectivity index (χ0n) is 9.73. The monoisotopic (exact) mass is 185 g/mol. The van der Waals surface area contributed by atoms with Gasteiger partial charge < -0.3 is 5.32 Å². The van der Waals surface area contributed by atoms with Gasteiger partial charge in [0, 0.05) is 0 Å². The molecule has 0 aliphatic carbocycles. The van der Waals surface area contributed by atoms with Crippen molar-refractivity contribution < 1.29 is 0 Å². The zero-order valence-corrected chi connectivity index (χ0v) is 9.73. The lowest BCUT2D eigenvalue weighted by Gasteiger charge is -2.13. The fourth-order valence-corrected chi connectivity index (χ4v) is 1.78. The molecular formula is C12H27N. The van der Waals surface area contributed by atoms with Gasteiger partial charge in [0.15, 0.2) is 0 Å². The number of hydrogen-bond acceptors (Lipinski definition) is 1. The molecule has 0 aromatic heterocycles. The highest BCUT2D eigenvalue weighted by molar-refractivity contribution is 4.59. The molecule has 0 aromatic carbocycles. The van der Waals surface area contributed by atoms with Crippen LogP contribution in [0.2, 0.25) is 0 Å². The summed E-state index contributed by atoms with van der Waals surface area (Å²) >= 11 is 0. The molecule has 0 rings (SSSR count). The van der Waals surface area contributed by atoms with Crippen LogP contribution in [0, 0.1) is 5.92 Å². The first kappa shape index (κ1) is 13.0. The van der Waals surface area contributed by atoms with E-state index in [2.05, 4.69) is 26.2 Å². The maximum atomic E-state index is 3.27. The highest BCUT2D eigenvalue weighted by Crippen LogP contribution is 2.13. The van der Waals surface area contributed by atoms with Crippen LogP contribution in [-0.4, -0.2) is 13.6 Å². The van der Waals surface area contributed by atoms with Crippen LogP contribution in [0.1, 0.15) is 58.8 Å². The summed E-state index contributed by atoms with van der Waals surface area (Å²) in [6.45, 7) is 5.77. The molecule has 1 atom stereocenters. The lowest BCUT2D eigenvalue weighted by atomic mass is 9.98. The number of unbranched alkanes of at least 4 members (excludes halogenated alkanes) is 4. The minimum absolute atomic E-state index is 0.909. The van der Waals surface area contributed by atoms with E-state index in [1.165, 1.54) is 51.5 Å². The molecule has 0 aliphatic heterocycles. The first-order valence-electron chi connectivity index (χ1n) is 5.99. The molecule has 1 nitrogen and oxygen atoms in total. The van der Waals surface area contributed by atoms with Gasteiger partial charge in [-0.15, -0.1) is 0 Å². The Kier molecular flexibility index (Phi) is 10.0. The second kappa shape index (κ2) is 10.0. The molecule has 0 aromatic rings. The van der Waals surface area contributed by atoms with Gasteiger partial charge in [0.25, 0.3) is 0 Å². The molecule has 0 fully saturated rings. The van der Waals surface area contributed by atoms with E-state index in [4.69, 9.17) is 0 Å². The Morgan fingerprint density at radius 1 is 1.00 bits per heavy atom. The highest BCUT2D eigenvalue weighted by atomic mass is 14.8. The van der Waals surface area contributed by atoms with E-state index in [0.29, 0.717) is 0 Å². The summed E-state index contributed by atoms with van der Waals surface area (Å²) in [5, 5.41) is 3.27. The fourth-order valence-electron chi connectivity index (χ4n) is 1.78. The maximum absolute atomic E-state index is 3.27. The van der Waals surface area contributed by atoms with E-state index in [0.717, 1.165) is 5.92 Å². The number of rotatable bonds is 9. The van der Waals surface area contributed by atoms with Crippen LogP contribution < -0.4 is 5.32 Å². The average Bonchev–Trinajstić information content (AvgIpc) is 2.16. The third-order valence-electron chi connectivity index (χ3n) is 2.79. The standard InChI is InChI=1S/C12H27N/c1-4-6-7-8-9-10-12(5-2)11-13-3/h12-13H,4-11H2,1-3H3.